The molecule has 0 amide bonds. The van der Waals surface area contributed by atoms with E-state index < -0.39 is 17.3 Å². The number of nitrogens with zero attached hydrogens (tertiary/aromatic N) is 1. The van der Waals surface area contributed by atoms with Crippen molar-refractivity contribution in [2.24, 2.45) is 0 Å². The van der Waals surface area contributed by atoms with Crippen LogP contribution in [0.1, 0.15) is 17.3 Å². The van der Waals surface area contributed by atoms with Crippen LogP contribution in [0.3, 0.4) is 0 Å². The van der Waals surface area contributed by atoms with Gasteiger partial charge in [0.1, 0.15) is 17.2 Å². The molecule has 0 atom stereocenters. The van der Waals surface area contributed by atoms with Gasteiger partial charge in [-0.3, -0.25) is 9.36 Å². The zero-order chi connectivity index (χ0) is 16.3. The summed E-state index contributed by atoms with van der Waals surface area (Å²) < 4.78 is 19.1. The topological polar surface area (TPSA) is 74.3 Å². The number of anilines is 1. The van der Waals surface area contributed by atoms with Crippen molar-refractivity contribution in [3.8, 4) is 5.69 Å². The minimum absolute atomic E-state index is 0.107. The molecule has 5 nitrogen and oxygen atoms in total. The Morgan fingerprint density at radius 2 is 2.00 bits per heavy atom. The average Bonchev–Trinajstić information content (AvgIpc) is 2.49. The summed E-state index contributed by atoms with van der Waals surface area (Å²) in [7, 11) is 0. The lowest BCUT2D eigenvalue weighted by molar-refractivity contribution is 0.0523. The zero-order valence-electron chi connectivity index (χ0n) is 12.1. The first-order chi connectivity index (χ1) is 10.5. The van der Waals surface area contributed by atoms with Crippen LogP contribution in [0.25, 0.3) is 5.69 Å². The molecule has 0 unspecified atom stereocenters. The van der Waals surface area contributed by atoms with Crippen molar-refractivity contribution in [2.75, 3.05) is 18.6 Å². The Morgan fingerprint density at radius 1 is 1.36 bits per heavy atom. The molecule has 0 spiro atoms. The van der Waals surface area contributed by atoms with E-state index >= 15 is 0 Å². The van der Waals surface area contributed by atoms with Crippen LogP contribution >= 0.6 is 11.8 Å². The molecule has 0 saturated heterocycles. The number of carbonyl (C=O) groups excluding carboxylic acids is 1. The van der Waals surface area contributed by atoms with E-state index in [0.29, 0.717) is 10.6 Å². The summed E-state index contributed by atoms with van der Waals surface area (Å²) in [5.74, 6) is -0.946. The fourth-order valence-corrected chi connectivity index (χ4v) is 2.51. The molecule has 0 radical (unpaired) electrons. The molecule has 1 heterocycles. The summed E-state index contributed by atoms with van der Waals surface area (Å²) >= 11 is 1.30. The standard InChI is InChI=1S/C15H15FN2O3S/c1-3-21-15(20)11-8-12(22-2)13(17)18(14(11)19)10-6-4-9(16)5-7-10/h4-8H,3,17H2,1-2H3. The molecule has 7 heteroatoms. The molecule has 2 aromatic rings. The number of thioether (sulfide) groups is 1. The molecule has 1 aromatic carbocycles. The van der Waals surface area contributed by atoms with Crippen LogP contribution in [0.4, 0.5) is 10.2 Å². The summed E-state index contributed by atoms with van der Waals surface area (Å²) in [4.78, 5) is 25.0. The summed E-state index contributed by atoms with van der Waals surface area (Å²) in [6, 6.07) is 6.70. The number of nitrogens with two attached hydrogens (primary N) is 1. The number of esters is 1. The van der Waals surface area contributed by atoms with E-state index in [9.17, 15) is 14.0 Å². The SMILES string of the molecule is CCOC(=O)c1cc(SC)c(N)n(-c2ccc(F)cc2)c1=O. The van der Waals surface area contributed by atoms with E-state index in [1.54, 1.807) is 13.2 Å². The minimum Gasteiger partial charge on any atom is -0.462 e. The quantitative estimate of drug-likeness (QED) is 0.691. The first-order valence-corrected chi connectivity index (χ1v) is 7.74. The van der Waals surface area contributed by atoms with Gasteiger partial charge >= 0.3 is 5.97 Å². The maximum absolute atomic E-state index is 13.1. The smallest absolute Gasteiger partial charge is 0.343 e. The molecule has 0 saturated carbocycles. The van der Waals surface area contributed by atoms with Crippen LogP contribution in [0.5, 0.6) is 0 Å². The lowest BCUT2D eigenvalue weighted by atomic mass is 10.2. The monoisotopic (exact) mass is 322 g/mol. The van der Waals surface area contributed by atoms with Gasteiger partial charge in [-0.2, -0.15) is 0 Å². The Labute approximate surface area is 130 Å². The van der Waals surface area contributed by atoms with Crippen molar-refractivity contribution in [1.29, 1.82) is 0 Å². The van der Waals surface area contributed by atoms with Gasteiger partial charge in [0.25, 0.3) is 5.56 Å². The van der Waals surface area contributed by atoms with Gasteiger partial charge < -0.3 is 10.5 Å². The third-order valence-electron chi connectivity index (χ3n) is 3.00. The van der Waals surface area contributed by atoms with E-state index in [1.165, 1.54) is 46.7 Å². The summed E-state index contributed by atoms with van der Waals surface area (Å²) in [6.45, 7) is 1.82. The van der Waals surface area contributed by atoms with Gasteiger partial charge in [-0.05, 0) is 43.5 Å². The molecule has 0 fully saturated rings. The highest BCUT2D eigenvalue weighted by atomic mass is 32.2. The lowest BCUT2D eigenvalue weighted by Gasteiger charge is -2.14. The number of nitrogen functional groups attached to an aromatic ring is 1. The highest BCUT2D eigenvalue weighted by Crippen LogP contribution is 2.25. The van der Waals surface area contributed by atoms with Crippen LogP contribution < -0.4 is 11.3 Å². The first kappa shape index (κ1) is 16.1. The fourth-order valence-electron chi connectivity index (χ4n) is 1.97. The predicted octanol–water partition coefficient (Wildman–Crippen LogP) is 2.46. The highest BCUT2D eigenvalue weighted by Gasteiger charge is 2.19. The van der Waals surface area contributed by atoms with Crippen LogP contribution in [0.2, 0.25) is 0 Å². The maximum atomic E-state index is 13.1. The number of aromatic nitrogens is 1. The van der Waals surface area contributed by atoms with Gasteiger partial charge in [-0.1, -0.05) is 0 Å². The Morgan fingerprint density at radius 3 is 2.55 bits per heavy atom. The average molecular weight is 322 g/mol. The second-order valence-electron chi connectivity index (χ2n) is 4.35. The highest BCUT2D eigenvalue weighted by molar-refractivity contribution is 7.98. The lowest BCUT2D eigenvalue weighted by Crippen LogP contribution is -2.28. The minimum atomic E-state index is -0.710. The molecule has 116 valence electrons. The number of benzene rings is 1. The van der Waals surface area contributed by atoms with Crippen LogP contribution in [0, 0.1) is 5.82 Å². The van der Waals surface area contributed by atoms with Gasteiger partial charge in [0.2, 0.25) is 0 Å². The number of hydrogen-bond donors (Lipinski definition) is 1. The molecule has 0 bridgehead atoms. The first-order valence-electron chi connectivity index (χ1n) is 6.52. The van der Waals surface area contributed by atoms with E-state index in [0.717, 1.165) is 0 Å². The number of hydrogen-bond acceptors (Lipinski definition) is 5. The van der Waals surface area contributed by atoms with E-state index in [4.69, 9.17) is 10.5 Å². The Bertz CT molecular complexity index is 757. The Kier molecular flexibility index (Phi) is 4.87. The van der Waals surface area contributed by atoms with Gasteiger partial charge in [0.05, 0.1) is 12.3 Å². The summed E-state index contributed by atoms with van der Waals surface area (Å²) in [6.07, 6.45) is 1.78. The van der Waals surface area contributed by atoms with E-state index in [2.05, 4.69) is 0 Å². The number of halogens is 1. The predicted molar refractivity (Wildman–Crippen MR) is 84.1 cm³/mol. The second kappa shape index (κ2) is 6.65. The number of rotatable bonds is 4. The Hall–Kier alpha value is -2.28. The molecule has 0 aliphatic rings. The summed E-state index contributed by atoms with van der Waals surface area (Å²) in [5.41, 5.74) is 5.68. The fraction of sp³-hybridized carbons (Fsp3) is 0.200. The van der Waals surface area contributed by atoms with Crippen molar-refractivity contribution in [3.05, 3.63) is 52.1 Å². The van der Waals surface area contributed by atoms with Crippen LogP contribution in [-0.2, 0) is 4.74 Å². The largest absolute Gasteiger partial charge is 0.462 e. The molecule has 22 heavy (non-hydrogen) atoms. The van der Waals surface area contributed by atoms with Crippen molar-refractivity contribution in [2.45, 2.75) is 11.8 Å². The second-order valence-corrected chi connectivity index (χ2v) is 5.20. The van der Waals surface area contributed by atoms with Crippen molar-refractivity contribution in [1.82, 2.24) is 4.57 Å². The molecular weight excluding hydrogens is 307 g/mol. The molecule has 2 rings (SSSR count). The van der Waals surface area contributed by atoms with Crippen molar-refractivity contribution >= 4 is 23.5 Å². The number of pyridine rings is 1. The third kappa shape index (κ3) is 2.99. The van der Waals surface area contributed by atoms with Crippen molar-refractivity contribution in [3.63, 3.8) is 0 Å². The zero-order valence-corrected chi connectivity index (χ0v) is 12.9. The normalized spacial score (nSPS) is 10.5. The molecule has 0 aliphatic carbocycles. The van der Waals surface area contributed by atoms with Crippen LogP contribution in [-0.4, -0.2) is 23.4 Å². The maximum Gasteiger partial charge on any atom is 0.343 e. The van der Waals surface area contributed by atoms with E-state index in [1.807, 2.05) is 0 Å². The molecular formula is C15H15FN2O3S. The molecule has 2 N–H and O–H groups in total. The van der Waals surface area contributed by atoms with Gasteiger partial charge in [0, 0.05) is 4.90 Å². The third-order valence-corrected chi connectivity index (χ3v) is 3.77. The van der Waals surface area contributed by atoms with Gasteiger partial charge in [-0.25, -0.2) is 9.18 Å². The van der Waals surface area contributed by atoms with Gasteiger partial charge in [-0.15, -0.1) is 11.8 Å². The van der Waals surface area contributed by atoms with E-state index in [-0.39, 0.29) is 18.0 Å². The van der Waals surface area contributed by atoms with Crippen molar-refractivity contribution < 1.29 is 13.9 Å². The van der Waals surface area contributed by atoms with Crippen LogP contribution in [0.15, 0.2) is 40.0 Å². The summed E-state index contributed by atoms with van der Waals surface area (Å²) in [5, 5.41) is 0. The number of ether oxygens (including phenoxy) is 1. The molecule has 1 aromatic heterocycles. The number of carbonyl (C=O) groups is 1. The molecule has 0 aliphatic heterocycles. The van der Waals surface area contributed by atoms with Gasteiger partial charge in [0.15, 0.2) is 0 Å². The Balaban J connectivity index is 2.71.